The van der Waals surface area contributed by atoms with Gasteiger partial charge in [0, 0.05) is 11.2 Å². The zero-order chi connectivity index (χ0) is 14.1. The standard InChI is InChI=1S/C15H18N5/c1-4-19-14(17-13-8-6-5-7-9-13)18-20-12(3)10-11(2)16-15(19)20/h5-10H,4H2,1-3H3,(H,17,18)/q+1. The van der Waals surface area contributed by atoms with Gasteiger partial charge in [-0.25, -0.2) is 4.57 Å². The molecule has 0 unspecified atom stereocenters. The fourth-order valence-corrected chi connectivity index (χ4v) is 2.33. The second-order valence-corrected chi connectivity index (χ2v) is 4.81. The molecule has 0 spiro atoms. The topological polar surface area (TPSA) is 46.1 Å². The van der Waals surface area contributed by atoms with Crippen molar-refractivity contribution >= 4 is 17.4 Å². The minimum atomic E-state index is 0.805. The lowest BCUT2D eigenvalue weighted by Gasteiger charge is -2.00. The van der Waals surface area contributed by atoms with Gasteiger partial charge in [0.25, 0.3) is 0 Å². The Morgan fingerprint density at radius 1 is 1.20 bits per heavy atom. The zero-order valence-corrected chi connectivity index (χ0v) is 12.0. The van der Waals surface area contributed by atoms with Crippen molar-refractivity contribution in [1.82, 2.24) is 14.6 Å². The Kier molecular flexibility index (Phi) is 3.10. The molecule has 0 amide bonds. The van der Waals surface area contributed by atoms with Crippen molar-refractivity contribution < 1.29 is 4.57 Å². The van der Waals surface area contributed by atoms with E-state index in [-0.39, 0.29) is 0 Å². The van der Waals surface area contributed by atoms with Gasteiger partial charge in [0.1, 0.15) is 0 Å². The van der Waals surface area contributed by atoms with Gasteiger partial charge in [-0.2, -0.15) is 0 Å². The molecule has 20 heavy (non-hydrogen) atoms. The van der Waals surface area contributed by atoms with Gasteiger partial charge < -0.3 is 0 Å². The van der Waals surface area contributed by atoms with Crippen LogP contribution in [0.2, 0.25) is 0 Å². The van der Waals surface area contributed by atoms with Crippen LogP contribution >= 0.6 is 0 Å². The summed E-state index contributed by atoms with van der Waals surface area (Å²) in [6, 6.07) is 12.1. The first kappa shape index (κ1) is 12.6. The number of hydrogen-bond acceptors (Lipinski definition) is 3. The Balaban J connectivity index is 2.14. The van der Waals surface area contributed by atoms with Crippen LogP contribution in [0.1, 0.15) is 18.3 Å². The molecule has 102 valence electrons. The summed E-state index contributed by atoms with van der Waals surface area (Å²) < 4.78 is 3.95. The maximum absolute atomic E-state index is 4.63. The molecule has 0 aliphatic rings. The number of para-hydroxylation sites is 1. The van der Waals surface area contributed by atoms with Crippen LogP contribution in [0, 0.1) is 13.8 Å². The molecule has 3 aromatic rings. The van der Waals surface area contributed by atoms with Gasteiger partial charge in [-0.15, -0.1) is 9.50 Å². The highest BCUT2D eigenvalue weighted by Gasteiger charge is 2.20. The van der Waals surface area contributed by atoms with E-state index in [0.717, 1.165) is 35.3 Å². The number of aryl methyl sites for hydroxylation is 3. The number of hydrogen-bond donors (Lipinski definition) is 1. The van der Waals surface area contributed by atoms with E-state index < -0.39 is 0 Å². The highest BCUT2D eigenvalue weighted by Crippen LogP contribution is 2.13. The SMILES string of the molecule is CC[n+]1c(Nc2ccccc2)nn2c(C)cc(C)nc21. The normalized spacial score (nSPS) is 10.9. The number of benzene rings is 1. The molecule has 2 heterocycles. The summed E-state index contributed by atoms with van der Waals surface area (Å²) >= 11 is 0. The summed E-state index contributed by atoms with van der Waals surface area (Å²) in [6.45, 7) is 6.96. The van der Waals surface area contributed by atoms with Crippen LogP contribution in [0.25, 0.3) is 5.78 Å². The summed E-state index contributed by atoms with van der Waals surface area (Å²) in [4.78, 5) is 4.59. The van der Waals surface area contributed by atoms with Gasteiger partial charge in [0.15, 0.2) is 0 Å². The first-order valence-corrected chi connectivity index (χ1v) is 6.78. The Labute approximate surface area is 117 Å². The largest absolute Gasteiger partial charge is 0.358 e. The summed E-state index contributed by atoms with van der Waals surface area (Å²) in [6.07, 6.45) is 0. The van der Waals surface area contributed by atoms with Gasteiger partial charge in [0.2, 0.25) is 0 Å². The van der Waals surface area contributed by atoms with E-state index in [2.05, 4.69) is 26.9 Å². The molecule has 0 aliphatic carbocycles. The Hall–Kier alpha value is -2.43. The minimum absolute atomic E-state index is 0.805. The zero-order valence-electron chi connectivity index (χ0n) is 12.0. The van der Waals surface area contributed by atoms with E-state index >= 15 is 0 Å². The molecule has 0 aliphatic heterocycles. The lowest BCUT2D eigenvalue weighted by atomic mass is 10.3. The fourth-order valence-electron chi connectivity index (χ4n) is 2.33. The molecule has 5 heteroatoms. The molecule has 0 saturated heterocycles. The molecule has 0 atom stereocenters. The molecule has 5 nitrogen and oxygen atoms in total. The Bertz CT molecular complexity index is 746. The number of nitrogens with zero attached hydrogens (tertiary/aromatic N) is 4. The van der Waals surface area contributed by atoms with Crippen LogP contribution in [0.5, 0.6) is 0 Å². The molecule has 0 fully saturated rings. The fraction of sp³-hybridized carbons (Fsp3) is 0.267. The van der Waals surface area contributed by atoms with E-state index in [1.807, 2.05) is 54.8 Å². The van der Waals surface area contributed by atoms with Crippen LogP contribution in [-0.4, -0.2) is 14.6 Å². The monoisotopic (exact) mass is 268 g/mol. The third-order valence-corrected chi connectivity index (χ3v) is 3.26. The van der Waals surface area contributed by atoms with Gasteiger partial charge in [-0.3, -0.25) is 5.32 Å². The third-order valence-electron chi connectivity index (χ3n) is 3.26. The van der Waals surface area contributed by atoms with E-state index in [4.69, 9.17) is 0 Å². The van der Waals surface area contributed by atoms with Gasteiger partial charge >= 0.3 is 11.7 Å². The molecule has 0 bridgehead atoms. The molecule has 1 N–H and O–H groups in total. The first-order valence-electron chi connectivity index (χ1n) is 6.78. The lowest BCUT2D eigenvalue weighted by molar-refractivity contribution is -0.656. The van der Waals surface area contributed by atoms with E-state index in [9.17, 15) is 0 Å². The predicted molar refractivity (Wildman–Crippen MR) is 78.1 cm³/mol. The maximum atomic E-state index is 4.63. The number of rotatable bonds is 3. The maximum Gasteiger partial charge on any atom is 0.358 e. The van der Waals surface area contributed by atoms with E-state index in [0.29, 0.717) is 0 Å². The van der Waals surface area contributed by atoms with Gasteiger partial charge in [-0.1, -0.05) is 18.2 Å². The minimum Gasteiger partial charge on any atom is -0.273 e. The highest BCUT2D eigenvalue weighted by molar-refractivity contribution is 5.51. The predicted octanol–water partition coefficient (Wildman–Crippen LogP) is 2.40. The summed E-state index contributed by atoms with van der Waals surface area (Å²) in [5.74, 6) is 1.67. The average molecular weight is 268 g/mol. The molecule has 3 rings (SSSR count). The number of anilines is 2. The van der Waals surface area contributed by atoms with Crippen LogP contribution < -0.4 is 9.88 Å². The number of fused-ring (bicyclic) bond motifs is 1. The van der Waals surface area contributed by atoms with Crippen molar-refractivity contribution in [3.63, 3.8) is 0 Å². The second kappa shape index (κ2) is 4.92. The molecule has 2 aromatic heterocycles. The summed E-state index contributed by atoms with van der Waals surface area (Å²) in [5.41, 5.74) is 3.10. The Morgan fingerprint density at radius 2 is 1.95 bits per heavy atom. The molecular formula is C15H18N5+. The van der Waals surface area contributed by atoms with Crippen LogP contribution in [0.15, 0.2) is 36.4 Å². The van der Waals surface area contributed by atoms with E-state index in [1.54, 1.807) is 0 Å². The van der Waals surface area contributed by atoms with Gasteiger partial charge in [0.05, 0.1) is 23.6 Å². The molecule has 1 aromatic carbocycles. The summed E-state index contributed by atoms with van der Waals surface area (Å²) in [7, 11) is 0. The van der Waals surface area contributed by atoms with Crippen LogP contribution in [0.4, 0.5) is 11.6 Å². The lowest BCUT2D eigenvalue weighted by Crippen LogP contribution is -2.35. The third kappa shape index (κ3) is 2.11. The first-order chi connectivity index (χ1) is 9.69. The molecular weight excluding hydrogens is 250 g/mol. The molecule has 0 radical (unpaired) electrons. The number of aromatic nitrogens is 4. The van der Waals surface area contributed by atoms with Crippen molar-refractivity contribution in [3.8, 4) is 0 Å². The average Bonchev–Trinajstić information content (AvgIpc) is 2.77. The quantitative estimate of drug-likeness (QED) is 0.742. The summed E-state index contributed by atoms with van der Waals surface area (Å²) in [5, 5.41) is 7.98. The van der Waals surface area contributed by atoms with Crippen molar-refractivity contribution in [3.05, 3.63) is 47.8 Å². The molecule has 0 saturated carbocycles. The van der Waals surface area contributed by atoms with Gasteiger partial charge in [-0.05, 0) is 32.9 Å². The van der Waals surface area contributed by atoms with Crippen LogP contribution in [-0.2, 0) is 6.54 Å². The van der Waals surface area contributed by atoms with Crippen molar-refractivity contribution in [2.45, 2.75) is 27.3 Å². The Morgan fingerprint density at radius 3 is 2.65 bits per heavy atom. The van der Waals surface area contributed by atoms with Crippen LogP contribution in [0.3, 0.4) is 0 Å². The van der Waals surface area contributed by atoms with E-state index in [1.165, 1.54) is 0 Å². The van der Waals surface area contributed by atoms with Crippen molar-refractivity contribution in [2.24, 2.45) is 0 Å². The van der Waals surface area contributed by atoms with Crippen molar-refractivity contribution in [2.75, 3.05) is 5.32 Å². The van der Waals surface area contributed by atoms with Crippen molar-refractivity contribution in [1.29, 1.82) is 0 Å². The smallest absolute Gasteiger partial charge is 0.273 e. The highest BCUT2D eigenvalue weighted by atomic mass is 15.4. The second-order valence-electron chi connectivity index (χ2n) is 4.81. The number of nitrogens with one attached hydrogen (secondary N) is 1.